The van der Waals surface area contributed by atoms with E-state index in [0.29, 0.717) is 11.1 Å². The normalized spacial score (nSPS) is 11.5. The number of carboxylic acids is 1. The number of amides is 2. The van der Waals surface area contributed by atoms with Crippen LogP contribution in [-0.4, -0.2) is 34.4 Å². The van der Waals surface area contributed by atoms with E-state index < -0.39 is 22.7 Å². The van der Waals surface area contributed by atoms with E-state index in [0.717, 1.165) is 5.56 Å². The first kappa shape index (κ1) is 24.3. The van der Waals surface area contributed by atoms with Crippen molar-refractivity contribution in [1.29, 1.82) is 0 Å². The average Bonchev–Trinajstić information content (AvgIpc) is 2.72. The molecule has 0 spiro atoms. The third kappa shape index (κ3) is 7.05. The average molecular weight is 439 g/mol. The van der Waals surface area contributed by atoms with Crippen LogP contribution in [0.15, 0.2) is 54.2 Å². The zero-order valence-corrected chi connectivity index (χ0v) is 18.0. The molecule has 0 unspecified atom stereocenters. The van der Waals surface area contributed by atoms with Crippen LogP contribution in [0.2, 0.25) is 0 Å². The van der Waals surface area contributed by atoms with E-state index in [2.05, 4.69) is 10.6 Å². The number of nitro groups is 1. The maximum Gasteiger partial charge on any atom is 0.305 e. The maximum atomic E-state index is 12.7. The van der Waals surface area contributed by atoms with Crippen LogP contribution in [-0.2, 0) is 15.0 Å². The summed E-state index contributed by atoms with van der Waals surface area (Å²) in [6.07, 6.45) is 1.00. The summed E-state index contributed by atoms with van der Waals surface area (Å²) in [6.45, 7) is 5.99. The van der Waals surface area contributed by atoms with Crippen LogP contribution in [0.4, 0.5) is 5.69 Å². The Labute approximate surface area is 185 Å². The Morgan fingerprint density at radius 3 is 2.31 bits per heavy atom. The SMILES string of the molecule is CC(C)(C)c1ccc(C(=O)N/C(=C\c2cccc([N+](=O)[O-])c2)C(=O)NCCC(=O)O)cc1. The molecule has 2 rings (SSSR count). The summed E-state index contributed by atoms with van der Waals surface area (Å²) in [4.78, 5) is 46.5. The van der Waals surface area contributed by atoms with E-state index in [4.69, 9.17) is 5.11 Å². The molecule has 168 valence electrons. The van der Waals surface area contributed by atoms with Crippen molar-refractivity contribution in [3.8, 4) is 0 Å². The molecule has 9 nitrogen and oxygen atoms in total. The number of nitro benzene ring substituents is 1. The molecule has 0 aromatic heterocycles. The van der Waals surface area contributed by atoms with Gasteiger partial charge in [0.05, 0.1) is 11.3 Å². The number of nitrogens with one attached hydrogen (secondary N) is 2. The molecule has 9 heteroatoms. The second kappa shape index (κ2) is 10.3. The van der Waals surface area contributed by atoms with Gasteiger partial charge >= 0.3 is 5.97 Å². The van der Waals surface area contributed by atoms with Crippen molar-refractivity contribution in [1.82, 2.24) is 10.6 Å². The summed E-state index contributed by atoms with van der Waals surface area (Å²) in [5.41, 5.74) is 1.25. The van der Waals surface area contributed by atoms with Crippen LogP contribution in [0.1, 0.15) is 48.7 Å². The highest BCUT2D eigenvalue weighted by atomic mass is 16.6. The summed E-state index contributed by atoms with van der Waals surface area (Å²) >= 11 is 0. The van der Waals surface area contributed by atoms with Gasteiger partial charge in [-0.05, 0) is 34.8 Å². The largest absolute Gasteiger partial charge is 0.481 e. The lowest BCUT2D eigenvalue weighted by atomic mass is 9.87. The summed E-state index contributed by atoms with van der Waals surface area (Å²) in [6, 6.07) is 12.5. The Hall–Kier alpha value is -4.01. The number of hydrogen-bond donors (Lipinski definition) is 3. The predicted molar refractivity (Wildman–Crippen MR) is 119 cm³/mol. The van der Waals surface area contributed by atoms with Crippen molar-refractivity contribution in [2.75, 3.05) is 6.54 Å². The van der Waals surface area contributed by atoms with E-state index in [9.17, 15) is 24.5 Å². The van der Waals surface area contributed by atoms with E-state index in [1.54, 1.807) is 18.2 Å². The van der Waals surface area contributed by atoms with Gasteiger partial charge in [-0.2, -0.15) is 0 Å². The second-order valence-electron chi connectivity index (χ2n) is 8.09. The minimum Gasteiger partial charge on any atom is -0.481 e. The zero-order valence-electron chi connectivity index (χ0n) is 18.0. The summed E-state index contributed by atoms with van der Waals surface area (Å²) < 4.78 is 0. The van der Waals surface area contributed by atoms with Crippen molar-refractivity contribution in [2.24, 2.45) is 0 Å². The molecule has 2 aromatic rings. The molecular weight excluding hydrogens is 414 g/mol. The van der Waals surface area contributed by atoms with Gasteiger partial charge in [-0.1, -0.05) is 45.0 Å². The van der Waals surface area contributed by atoms with E-state index in [1.165, 1.54) is 24.3 Å². The molecule has 0 bridgehead atoms. The molecule has 0 aliphatic heterocycles. The predicted octanol–water partition coefficient (Wildman–Crippen LogP) is 3.25. The second-order valence-corrected chi connectivity index (χ2v) is 8.09. The highest BCUT2D eigenvalue weighted by molar-refractivity contribution is 6.05. The van der Waals surface area contributed by atoms with Crippen molar-refractivity contribution < 1.29 is 24.4 Å². The highest BCUT2D eigenvalue weighted by Crippen LogP contribution is 2.22. The van der Waals surface area contributed by atoms with Gasteiger partial charge < -0.3 is 15.7 Å². The molecule has 0 radical (unpaired) electrons. The molecule has 0 fully saturated rings. The number of carbonyl (C=O) groups is 3. The maximum absolute atomic E-state index is 12.7. The first-order valence-electron chi connectivity index (χ1n) is 9.85. The highest BCUT2D eigenvalue weighted by Gasteiger charge is 2.17. The molecule has 2 amide bonds. The fourth-order valence-electron chi connectivity index (χ4n) is 2.75. The third-order valence-electron chi connectivity index (χ3n) is 4.52. The number of nitrogens with zero attached hydrogens (tertiary/aromatic N) is 1. The van der Waals surface area contributed by atoms with Gasteiger partial charge in [0.15, 0.2) is 0 Å². The van der Waals surface area contributed by atoms with Crippen molar-refractivity contribution in [2.45, 2.75) is 32.6 Å². The number of carbonyl (C=O) groups excluding carboxylic acids is 2. The fourth-order valence-corrected chi connectivity index (χ4v) is 2.75. The van der Waals surface area contributed by atoms with Crippen molar-refractivity contribution in [3.63, 3.8) is 0 Å². The topological polar surface area (TPSA) is 139 Å². The molecule has 2 aromatic carbocycles. The summed E-state index contributed by atoms with van der Waals surface area (Å²) in [5, 5.41) is 24.7. The molecule has 0 aliphatic rings. The Kier molecular flexibility index (Phi) is 7.84. The first-order chi connectivity index (χ1) is 15.0. The Morgan fingerprint density at radius 1 is 1.09 bits per heavy atom. The Morgan fingerprint density at radius 2 is 1.75 bits per heavy atom. The molecule has 0 atom stereocenters. The molecule has 3 N–H and O–H groups in total. The summed E-state index contributed by atoms with van der Waals surface area (Å²) in [7, 11) is 0. The van der Waals surface area contributed by atoms with Crippen molar-refractivity contribution >= 4 is 29.5 Å². The quantitative estimate of drug-likeness (QED) is 0.328. The Bertz CT molecular complexity index is 1050. The van der Waals surface area contributed by atoms with Gasteiger partial charge in [0.1, 0.15) is 5.70 Å². The minimum absolute atomic E-state index is 0.0911. The van der Waals surface area contributed by atoms with Gasteiger partial charge in [-0.15, -0.1) is 0 Å². The molecule has 32 heavy (non-hydrogen) atoms. The van der Waals surface area contributed by atoms with Crippen LogP contribution in [0, 0.1) is 10.1 Å². The Balaban J connectivity index is 2.30. The monoisotopic (exact) mass is 439 g/mol. The van der Waals surface area contributed by atoms with Crippen LogP contribution in [0.3, 0.4) is 0 Å². The molecule has 0 saturated carbocycles. The van der Waals surface area contributed by atoms with Gasteiger partial charge in [0.2, 0.25) is 0 Å². The van der Waals surface area contributed by atoms with Gasteiger partial charge in [0.25, 0.3) is 17.5 Å². The lowest BCUT2D eigenvalue weighted by Gasteiger charge is -2.19. The number of hydrogen-bond acceptors (Lipinski definition) is 5. The van der Waals surface area contributed by atoms with Crippen molar-refractivity contribution in [3.05, 3.63) is 81.0 Å². The number of carboxylic acid groups (broad SMARTS) is 1. The minimum atomic E-state index is -1.09. The third-order valence-corrected chi connectivity index (χ3v) is 4.52. The van der Waals surface area contributed by atoms with E-state index in [1.807, 2.05) is 32.9 Å². The number of non-ortho nitro benzene ring substituents is 1. The lowest BCUT2D eigenvalue weighted by Crippen LogP contribution is -2.35. The van der Waals surface area contributed by atoms with Crippen LogP contribution in [0.5, 0.6) is 0 Å². The smallest absolute Gasteiger partial charge is 0.305 e. The summed E-state index contributed by atoms with van der Waals surface area (Å²) in [5.74, 6) is -2.34. The van der Waals surface area contributed by atoms with Gasteiger partial charge in [0, 0.05) is 24.2 Å². The molecular formula is C23H25N3O6. The van der Waals surface area contributed by atoms with Crippen LogP contribution < -0.4 is 10.6 Å². The lowest BCUT2D eigenvalue weighted by molar-refractivity contribution is -0.384. The number of benzene rings is 2. The first-order valence-corrected chi connectivity index (χ1v) is 9.85. The van der Waals surface area contributed by atoms with E-state index >= 15 is 0 Å². The van der Waals surface area contributed by atoms with Crippen LogP contribution >= 0.6 is 0 Å². The van der Waals surface area contributed by atoms with E-state index in [-0.39, 0.29) is 29.8 Å². The van der Waals surface area contributed by atoms with Crippen LogP contribution in [0.25, 0.3) is 6.08 Å². The fraction of sp³-hybridized carbons (Fsp3) is 0.261. The zero-order chi connectivity index (χ0) is 23.9. The molecule has 0 heterocycles. The number of rotatable bonds is 8. The standard InChI is InChI=1S/C23H25N3O6/c1-23(2,3)17-9-7-16(8-10-17)21(29)25-19(22(30)24-12-11-20(27)28)14-15-5-4-6-18(13-15)26(31)32/h4-10,13-14H,11-12H2,1-3H3,(H,24,30)(H,25,29)(H,27,28)/b19-14-. The molecule has 0 saturated heterocycles. The van der Waals surface area contributed by atoms with Gasteiger partial charge in [-0.3, -0.25) is 24.5 Å². The molecule has 0 aliphatic carbocycles. The number of aliphatic carboxylic acids is 1. The van der Waals surface area contributed by atoms with Gasteiger partial charge in [-0.25, -0.2) is 0 Å².